The van der Waals surface area contributed by atoms with E-state index in [4.69, 9.17) is 9.40 Å². The highest BCUT2D eigenvalue weighted by atomic mass is 32.1. The molecule has 1 saturated heterocycles. The van der Waals surface area contributed by atoms with Crippen LogP contribution < -0.4 is 10.6 Å². The number of thiophene rings is 1. The van der Waals surface area contributed by atoms with Crippen molar-refractivity contribution in [3.63, 3.8) is 0 Å². The number of benzene rings is 1. The highest BCUT2D eigenvalue weighted by Crippen LogP contribution is 2.55. The van der Waals surface area contributed by atoms with E-state index in [-0.39, 0.29) is 28.7 Å². The molecule has 1 aromatic carbocycles. The summed E-state index contributed by atoms with van der Waals surface area (Å²) in [5.41, 5.74) is 3.27. The highest BCUT2D eigenvalue weighted by molar-refractivity contribution is 7.17. The maximum absolute atomic E-state index is 13.4. The van der Waals surface area contributed by atoms with Crippen molar-refractivity contribution in [2.75, 3.05) is 18.4 Å². The quantitative estimate of drug-likeness (QED) is 0.236. The van der Waals surface area contributed by atoms with Crippen molar-refractivity contribution in [3.05, 3.63) is 66.0 Å². The fraction of sp³-hybridized carbons (Fsp3) is 0.438. The topological polar surface area (TPSA) is 105 Å². The molecule has 2 aliphatic rings. The maximum Gasteiger partial charge on any atom is 0.268 e. The summed E-state index contributed by atoms with van der Waals surface area (Å²) in [5.74, 6) is 0.975. The number of rotatable bonds is 8. The summed E-state index contributed by atoms with van der Waals surface area (Å²) in [6.45, 7) is 14.8. The van der Waals surface area contributed by atoms with E-state index >= 15 is 0 Å². The first-order chi connectivity index (χ1) is 20.0. The molecule has 1 aliphatic heterocycles. The fourth-order valence-electron chi connectivity index (χ4n) is 6.09. The van der Waals surface area contributed by atoms with Crippen molar-refractivity contribution >= 4 is 40.1 Å². The minimum atomic E-state index is -0.208. The molecule has 9 nitrogen and oxygen atoms in total. The van der Waals surface area contributed by atoms with Gasteiger partial charge in [-0.2, -0.15) is 0 Å². The number of oxazole rings is 1. The van der Waals surface area contributed by atoms with Gasteiger partial charge in [-0.15, -0.1) is 11.3 Å². The third-order valence-electron chi connectivity index (χ3n) is 9.02. The second-order valence-electron chi connectivity index (χ2n) is 12.9. The summed E-state index contributed by atoms with van der Waals surface area (Å²) >= 11 is 1.36. The molecular weight excluding hydrogens is 548 g/mol. The molecule has 10 heteroatoms. The summed E-state index contributed by atoms with van der Waals surface area (Å²) < 4.78 is 7.59. The summed E-state index contributed by atoms with van der Waals surface area (Å²) in [4.78, 5) is 37.9. The van der Waals surface area contributed by atoms with Gasteiger partial charge in [-0.25, -0.2) is 9.97 Å². The van der Waals surface area contributed by atoms with E-state index < -0.39 is 0 Å². The van der Waals surface area contributed by atoms with Crippen molar-refractivity contribution in [1.29, 1.82) is 0 Å². The average Bonchev–Trinajstić information content (AvgIpc) is 3.74. The van der Waals surface area contributed by atoms with Crippen LogP contribution in [-0.4, -0.2) is 50.4 Å². The molecule has 3 aromatic heterocycles. The Labute approximate surface area is 250 Å². The van der Waals surface area contributed by atoms with Crippen LogP contribution in [0.1, 0.15) is 68.2 Å². The van der Waals surface area contributed by atoms with E-state index in [2.05, 4.69) is 72.7 Å². The van der Waals surface area contributed by atoms with Crippen LogP contribution >= 0.6 is 11.3 Å². The molecule has 1 spiro atoms. The number of imidazole rings is 1. The average molecular weight is 587 g/mol. The molecular formula is C32H38N6O3S. The first-order valence-electron chi connectivity index (χ1n) is 14.5. The summed E-state index contributed by atoms with van der Waals surface area (Å²) in [6, 6.07) is 10.6. The monoisotopic (exact) mass is 586 g/mol. The third kappa shape index (κ3) is 5.41. The van der Waals surface area contributed by atoms with Gasteiger partial charge in [0.1, 0.15) is 0 Å². The van der Waals surface area contributed by atoms with Gasteiger partial charge in [0.05, 0.1) is 27.0 Å². The molecule has 1 atom stereocenters. The largest absolute Gasteiger partial charge is 0.443 e. The second kappa shape index (κ2) is 10.8. The minimum Gasteiger partial charge on any atom is -0.443 e. The lowest BCUT2D eigenvalue weighted by molar-refractivity contribution is -0.125. The summed E-state index contributed by atoms with van der Waals surface area (Å²) in [6.07, 6.45) is 7.28. The number of fused-ring (bicyclic) bond motifs is 1. The number of hydrogen-bond acceptors (Lipinski definition) is 7. The molecule has 6 rings (SSSR count). The zero-order valence-corrected chi connectivity index (χ0v) is 25.5. The third-order valence-corrected chi connectivity index (χ3v) is 10.1. The lowest BCUT2D eigenvalue weighted by Gasteiger charge is -2.46. The van der Waals surface area contributed by atoms with Crippen LogP contribution in [0.2, 0.25) is 0 Å². The number of anilines is 1. The lowest BCUT2D eigenvalue weighted by atomic mass is 9.64. The van der Waals surface area contributed by atoms with Gasteiger partial charge in [0.25, 0.3) is 5.91 Å². The molecule has 0 radical (unpaired) electrons. The van der Waals surface area contributed by atoms with Crippen LogP contribution in [0.25, 0.3) is 21.7 Å². The Bertz CT molecular complexity index is 1620. The zero-order valence-electron chi connectivity index (χ0n) is 24.6. The molecule has 220 valence electrons. The molecule has 2 fully saturated rings. The van der Waals surface area contributed by atoms with E-state index in [1.165, 1.54) is 23.8 Å². The van der Waals surface area contributed by atoms with E-state index in [0.29, 0.717) is 22.6 Å². The Morgan fingerprint density at radius 3 is 2.79 bits per heavy atom. The van der Waals surface area contributed by atoms with Crippen LogP contribution in [0.15, 0.2) is 60.0 Å². The van der Waals surface area contributed by atoms with E-state index in [1.807, 2.05) is 11.0 Å². The molecule has 0 unspecified atom stereocenters. The molecule has 2 amide bonds. The van der Waals surface area contributed by atoms with Crippen LogP contribution in [0, 0.1) is 10.8 Å². The molecule has 2 N–H and O–H groups in total. The molecule has 42 heavy (non-hydrogen) atoms. The van der Waals surface area contributed by atoms with Gasteiger partial charge >= 0.3 is 0 Å². The second-order valence-corrected chi connectivity index (χ2v) is 13.9. The lowest BCUT2D eigenvalue weighted by Crippen LogP contribution is -2.42. The Morgan fingerprint density at radius 1 is 1.26 bits per heavy atom. The standard InChI is InChI=1S/C32H38N6O3S/c1-6-28(39)37-12-11-32(18-37)14-22(15-32)38-24-8-7-21(16-34-20(2)31(3,4)5)13-23(24)35-30(38)36-29(40)27-10-9-26(42-27)25-17-33-19-41-25/h6-10,13,17,19-20,22,34H,1,11-12,14-16,18H2,2-5H3,(H,35,36,40)/t20-,22-,32+/m0/s1. The first kappa shape index (κ1) is 28.4. The molecule has 1 saturated carbocycles. The van der Waals surface area contributed by atoms with Crippen LogP contribution in [0.3, 0.4) is 0 Å². The van der Waals surface area contributed by atoms with Gasteiger partial charge in [-0.3, -0.25) is 14.9 Å². The number of amides is 2. The maximum atomic E-state index is 13.4. The molecule has 0 bridgehead atoms. The smallest absolute Gasteiger partial charge is 0.268 e. The minimum absolute atomic E-state index is 0.000998. The van der Waals surface area contributed by atoms with Crippen molar-refractivity contribution in [2.24, 2.45) is 10.8 Å². The molecule has 1 aliphatic carbocycles. The number of carbonyl (C=O) groups is 2. The molecule has 4 heterocycles. The number of aromatic nitrogens is 3. The zero-order chi connectivity index (χ0) is 29.6. The van der Waals surface area contributed by atoms with Crippen molar-refractivity contribution in [1.82, 2.24) is 24.8 Å². The van der Waals surface area contributed by atoms with Gasteiger partial charge < -0.3 is 19.2 Å². The van der Waals surface area contributed by atoms with E-state index in [9.17, 15) is 9.59 Å². The Balaban J connectivity index is 1.26. The normalized spacial score (nSPS) is 21.0. The Kier molecular flexibility index (Phi) is 7.31. The molecule has 4 aromatic rings. The van der Waals surface area contributed by atoms with E-state index in [0.717, 1.165) is 60.4 Å². The van der Waals surface area contributed by atoms with Gasteiger partial charge in [-0.05, 0) is 72.9 Å². The first-order valence-corrected chi connectivity index (χ1v) is 15.3. The number of likely N-dealkylation sites (tertiary alicyclic amines) is 1. The van der Waals surface area contributed by atoms with Gasteiger partial charge in [0.2, 0.25) is 11.9 Å². The van der Waals surface area contributed by atoms with Gasteiger partial charge in [0.15, 0.2) is 12.2 Å². The number of nitrogens with zero attached hydrogens (tertiary/aromatic N) is 4. The number of hydrogen-bond donors (Lipinski definition) is 2. The van der Waals surface area contributed by atoms with Crippen LogP contribution in [-0.2, 0) is 11.3 Å². The number of carbonyl (C=O) groups excluding carboxylic acids is 2. The Hall–Kier alpha value is -3.76. The summed E-state index contributed by atoms with van der Waals surface area (Å²) in [5, 5.41) is 6.75. The van der Waals surface area contributed by atoms with Crippen LogP contribution in [0.4, 0.5) is 5.95 Å². The summed E-state index contributed by atoms with van der Waals surface area (Å²) in [7, 11) is 0. The fourth-order valence-corrected chi connectivity index (χ4v) is 6.94. The predicted octanol–water partition coefficient (Wildman–Crippen LogP) is 6.27. The van der Waals surface area contributed by atoms with Gasteiger partial charge in [-0.1, -0.05) is 33.4 Å². The Morgan fingerprint density at radius 2 is 2.07 bits per heavy atom. The van der Waals surface area contributed by atoms with Gasteiger partial charge in [0, 0.05) is 31.7 Å². The SMILES string of the molecule is C=CC(=O)N1CC[C@]2(C1)C[C@@H](n1c(NC(=O)c3ccc(-c4cnco4)s3)nc3cc(CN[C@@H](C)C(C)(C)C)ccc31)C2. The predicted molar refractivity (Wildman–Crippen MR) is 165 cm³/mol. The van der Waals surface area contributed by atoms with Crippen LogP contribution in [0.5, 0.6) is 0 Å². The van der Waals surface area contributed by atoms with Crippen molar-refractivity contribution in [2.45, 2.75) is 65.6 Å². The number of nitrogens with one attached hydrogen (secondary N) is 2. The highest BCUT2D eigenvalue weighted by Gasteiger charge is 2.50. The van der Waals surface area contributed by atoms with E-state index in [1.54, 1.807) is 12.3 Å². The van der Waals surface area contributed by atoms with Crippen molar-refractivity contribution in [3.8, 4) is 10.6 Å². The van der Waals surface area contributed by atoms with Crippen molar-refractivity contribution < 1.29 is 14.0 Å².